The third kappa shape index (κ3) is 11.5. The van der Waals surface area contributed by atoms with Crippen LogP contribution in [0.2, 0.25) is 0 Å². The van der Waals surface area contributed by atoms with Gasteiger partial charge in [-0.05, 0) is 42.8 Å². The number of rotatable bonds is 18. The smallest absolute Gasteiger partial charge is 0.343 e. The van der Waals surface area contributed by atoms with Gasteiger partial charge < -0.3 is 9.47 Å². The van der Waals surface area contributed by atoms with E-state index in [2.05, 4.69) is 6.92 Å². The SMILES string of the molecule is CCCCCCCCCCCCCCCOC(=O)c1ccc(OC(=O)c2ccc([N+](=O)[O-])cc2)cc1. The molecule has 36 heavy (non-hydrogen) atoms. The molecular formula is C29H39NO6. The Labute approximate surface area is 214 Å². The van der Waals surface area contributed by atoms with Gasteiger partial charge in [-0.3, -0.25) is 10.1 Å². The van der Waals surface area contributed by atoms with Crippen molar-refractivity contribution in [2.45, 2.75) is 90.4 Å². The Morgan fingerprint density at radius 3 is 1.61 bits per heavy atom. The molecule has 196 valence electrons. The maximum Gasteiger partial charge on any atom is 0.343 e. The molecule has 7 nitrogen and oxygen atoms in total. The molecule has 0 amide bonds. The predicted molar refractivity (Wildman–Crippen MR) is 140 cm³/mol. The first-order valence-corrected chi connectivity index (χ1v) is 13.2. The van der Waals surface area contributed by atoms with Crippen LogP contribution in [-0.4, -0.2) is 23.5 Å². The highest BCUT2D eigenvalue weighted by Crippen LogP contribution is 2.18. The van der Waals surface area contributed by atoms with E-state index in [9.17, 15) is 19.7 Å². The Kier molecular flexibility index (Phi) is 13.9. The molecule has 0 atom stereocenters. The van der Waals surface area contributed by atoms with Crippen LogP contribution in [0.5, 0.6) is 5.75 Å². The number of nitrogens with zero attached hydrogens (tertiary/aromatic N) is 1. The van der Waals surface area contributed by atoms with Crippen molar-refractivity contribution >= 4 is 17.6 Å². The molecule has 2 aromatic carbocycles. The molecule has 2 aromatic rings. The number of hydrogen-bond donors (Lipinski definition) is 0. The number of carbonyl (C=O) groups excluding carboxylic acids is 2. The fourth-order valence-corrected chi connectivity index (χ4v) is 3.91. The highest BCUT2D eigenvalue weighted by Gasteiger charge is 2.13. The van der Waals surface area contributed by atoms with Crippen LogP contribution in [0.25, 0.3) is 0 Å². The van der Waals surface area contributed by atoms with Crippen LogP contribution >= 0.6 is 0 Å². The standard InChI is InChI=1S/C29H39NO6/c1-2-3-4-5-6-7-8-9-10-11-12-13-14-23-35-28(31)24-17-21-27(22-18-24)36-29(32)25-15-19-26(20-16-25)30(33)34/h15-22H,2-14,23H2,1H3. The van der Waals surface area contributed by atoms with Gasteiger partial charge in [0.1, 0.15) is 5.75 Å². The van der Waals surface area contributed by atoms with Gasteiger partial charge in [0.05, 0.1) is 22.7 Å². The first kappa shape index (κ1) is 29.0. The molecule has 0 N–H and O–H groups in total. The number of ether oxygens (including phenoxy) is 2. The maximum atomic E-state index is 12.2. The average molecular weight is 498 g/mol. The van der Waals surface area contributed by atoms with E-state index in [1.807, 2.05) is 0 Å². The van der Waals surface area contributed by atoms with Crippen LogP contribution in [-0.2, 0) is 4.74 Å². The Morgan fingerprint density at radius 2 is 1.11 bits per heavy atom. The first-order valence-electron chi connectivity index (χ1n) is 13.2. The van der Waals surface area contributed by atoms with E-state index in [-0.39, 0.29) is 17.0 Å². The molecule has 0 aromatic heterocycles. The zero-order valence-corrected chi connectivity index (χ0v) is 21.4. The molecule has 0 aliphatic rings. The highest BCUT2D eigenvalue weighted by molar-refractivity contribution is 5.92. The van der Waals surface area contributed by atoms with Crippen LogP contribution in [0.15, 0.2) is 48.5 Å². The second-order valence-corrected chi connectivity index (χ2v) is 9.10. The van der Waals surface area contributed by atoms with Crippen molar-refractivity contribution in [3.05, 3.63) is 69.8 Å². The van der Waals surface area contributed by atoms with E-state index >= 15 is 0 Å². The van der Waals surface area contributed by atoms with Crippen molar-refractivity contribution in [3.8, 4) is 5.75 Å². The van der Waals surface area contributed by atoms with Crippen molar-refractivity contribution < 1.29 is 24.0 Å². The molecule has 0 unspecified atom stereocenters. The number of non-ortho nitro benzene ring substituents is 1. The lowest BCUT2D eigenvalue weighted by Crippen LogP contribution is -2.09. The molecule has 0 aliphatic heterocycles. The number of benzene rings is 2. The van der Waals surface area contributed by atoms with Gasteiger partial charge in [-0.2, -0.15) is 0 Å². The van der Waals surface area contributed by atoms with Crippen LogP contribution < -0.4 is 4.74 Å². The molecule has 7 heteroatoms. The molecule has 0 spiro atoms. The Hall–Kier alpha value is -3.22. The van der Waals surface area contributed by atoms with Gasteiger partial charge in [0.2, 0.25) is 0 Å². The molecule has 0 bridgehead atoms. The third-order valence-electron chi connectivity index (χ3n) is 6.10. The van der Waals surface area contributed by atoms with Gasteiger partial charge in [-0.15, -0.1) is 0 Å². The number of carbonyl (C=O) groups is 2. The Morgan fingerprint density at radius 1 is 0.667 bits per heavy atom. The molecule has 0 aliphatic carbocycles. The quantitative estimate of drug-likeness (QED) is 0.0679. The number of esters is 2. The topological polar surface area (TPSA) is 95.7 Å². The summed E-state index contributed by atoms with van der Waals surface area (Å²) < 4.78 is 10.6. The summed E-state index contributed by atoms with van der Waals surface area (Å²) in [5, 5.41) is 10.7. The van der Waals surface area contributed by atoms with Gasteiger partial charge in [-0.25, -0.2) is 9.59 Å². The van der Waals surface area contributed by atoms with E-state index < -0.39 is 16.9 Å². The number of hydrogen-bond acceptors (Lipinski definition) is 6. The molecule has 0 radical (unpaired) electrons. The summed E-state index contributed by atoms with van der Waals surface area (Å²) in [5.74, 6) is -0.767. The molecule has 0 fully saturated rings. The van der Waals surface area contributed by atoms with Gasteiger partial charge >= 0.3 is 11.9 Å². The molecule has 0 heterocycles. The van der Waals surface area contributed by atoms with E-state index in [1.165, 1.54) is 107 Å². The van der Waals surface area contributed by atoms with Crippen molar-refractivity contribution in [3.63, 3.8) is 0 Å². The van der Waals surface area contributed by atoms with Gasteiger partial charge in [0, 0.05) is 12.1 Å². The predicted octanol–water partition coefficient (Wildman–Crippen LogP) is 8.06. The Bertz CT molecular complexity index is 924. The largest absolute Gasteiger partial charge is 0.462 e. The summed E-state index contributed by atoms with van der Waals surface area (Å²) in [5.41, 5.74) is 0.481. The fourth-order valence-electron chi connectivity index (χ4n) is 3.91. The lowest BCUT2D eigenvalue weighted by Gasteiger charge is -2.07. The minimum absolute atomic E-state index is 0.104. The van der Waals surface area contributed by atoms with E-state index in [0.717, 1.165) is 12.8 Å². The average Bonchev–Trinajstić information content (AvgIpc) is 2.89. The van der Waals surface area contributed by atoms with Crippen molar-refractivity contribution in [2.24, 2.45) is 0 Å². The normalized spacial score (nSPS) is 10.7. The summed E-state index contributed by atoms with van der Waals surface area (Å²) in [6.45, 7) is 2.65. The number of nitro groups is 1. The molecule has 2 rings (SSSR count). The molecule has 0 saturated heterocycles. The second-order valence-electron chi connectivity index (χ2n) is 9.10. The van der Waals surface area contributed by atoms with Crippen LogP contribution in [0.4, 0.5) is 5.69 Å². The minimum Gasteiger partial charge on any atom is -0.462 e. The summed E-state index contributed by atoms with van der Waals surface area (Å²) in [6.07, 6.45) is 16.5. The zero-order valence-electron chi connectivity index (χ0n) is 21.4. The van der Waals surface area contributed by atoms with Gasteiger partial charge in [-0.1, -0.05) is 84.0 Å². The van der Waals surface area contributed by atoms with Crippen LogP contribution in [0, 0.1) is 10.1 Å². The van der Waals surface area contributed by atoms with Gasteiger partial charge in [0.15, 0.2) is 0 Å². The van der Waals surface area contributed by atoms with Crippen LogP contribution in [0.3, 0.4) is 0 Å². The van der Waals surface area contributed by atoms with Crippen LogP contribution in [0.1, 0.15) is 111 Å². The summed E-state index contributed by atoms with van der Waals surface area (Å²) >= 11 is 0. The van der Waals surface area contributed by atoms with Gasteiger partial charge in [0.25, 0.3) is 5.69 Å². The second kappa shape index (κ2) is 17.2. The summed E-state index contributed by atoms with van der Waals surface area (Å²) in [7, 11) is 0. The molecule has 0 saturated carbocycles. The fraction of sp³-hybridized carbons (Fsp3) is 0.517. The van der Waals surface area contributed by atoms with Crippen molar-refractivity contribution in [2.75, 3.05) is 6.61 Å². The summed E-state index contributed by atoms with van der Waals surface area (Å²) in [4.78, 5) is 34.6. The van der Waals surface area contributed by atoms with Crippen molar-refractivity contribution in [1.29, 1.82) is 0 Å². The number of nitro benzene ring substituents is 1. The van der Waals surface area contributed by atoms with Crippen molar-refractivity contribution in [1.82, 2.24) is 0 Å². The van der Waals surface area contributed by atoms with E-state index in [0.29, 0.717) is 12.2 Å². The lowest BCUT2D eigenvalue weighted by molar-refractivity contribution is -0.384. The monoisotopic (exact) mass is 497 g/mol. The maximum absolute atomic E-state index is 12.2. The lowest BCUT2D eigenvalue weighted by atomic mass is 10.0. The third-order valence-corrected chi connectivity index (χ3v) is 6.10. The first-order chi connectivity index (χ1) is 17.5. The number of unbranched alkanes of at least 4 members (excludes halogenated alkanes) is 12. The van der Waals surface area contributed by atoms with E-state index in [4.69, 9.17) is 9.47 Å². The zero-order chi connectivity index (χ0) is 26.0. The molecular weight excluding hydrogens is 458 g/mol. The highest BCUT2D eigenvalue weighted by atomic mass is 16.6. The Balaban J connectivity index is 1.55. The summed E-state index contributed by atoms with van der Waals surface area (Å²) in [6, 6.07) is 11.3. The minimum atomic E-state index is -0.636. The van der Waals surface area contributed by atoms with E-state index in [1.54, 1.807) is 12.1 Å².